The molecular weight excluding hydrogens is 256 g/mol. The monoisotopic (exact) mass is 276 g/mol. The van der Waals surface area contributed by atoms with Gasteiger partial charge in [0.2, 0.25) is 5.91 Å². The fourth-order valence-electron chi connectivity index (χ4n) is 2.57. The average molecular weight is 276 g/mol. The topological polar surface area (TPSA) is 110 Å². The molecule has 0 aliphatic heterocycles. The molecule has 0 bridgehead atoms. The Morgan fingerprint density at radius 2 is 1.95 bits per heavy atom. The smallest absolute Gasteiger partial charge is 0.316 e. The van der Waals surface area contributed by atoms with Crippen LogP contribution in [0.5, 0.6) is 0 Å². The molecule has 108 valence electrons. The van der Waals surface area contributed by atoms with E-state index in [0.717, 1.165) is 19.3 Å². The molecule has 6 nitrogen and oxygen atoms in total. The van der Waals surface area contributed by atoms with E-state index in [1.165, 1.54) is 0 Å². The second-order valence-electron chi connectivity index (χ2n) is 5.44. The van der Waals surface area contributed by atoms with E-state index in [0.29, 0.717) is 11.4 Å². The molecule has 0 heterocycles. The van der Waals surface area contributed by atoms with Gasteiger partial charge in [-0.1, -0.05) is 12.5 Å². The third-order valence-electron chi connectivity index (χ3n) is 3.94. The van der Waals surface area contributed by atoms with Gasteiger partial charge < -0.3 is 22.1 Å². The molecule has 0 aromatic heterocycles. The van der Waals surface area contributed by atoms with Gasteiger partial charge in [-0.2, -0.15) is 0 Å². The quantitative estimate of drug-likeness (QED) is 0.673. The number of anilines is 2. The van der Waals surface area contributed by atoms with Gasteiger partial charge in [0.05, 0.1) is 5.41 Å². The highest BCUT2D eigenvalue weighted by molar-refractivity contribution is 5.97. The number of urea groups is 1. The summed E-state index contributed by atoms with van der Waals surface area (Å²) in [5.74, 6) is -0.0845. The number of benzene rings is 1. The van der Waals surface area contributed by atoms with Crippen molar-refractivity contribution in [3.8, 4) is 0 Å². The highest BCUT2D eigenvalue weighted by Crippen LogP contribution is 2.37. The first kappa shape index (κ1) is 14.3. The molecule has 0 radical (unpaired) electrons. The van der Waals surface area contributed by atoms with Crippen LogP contribution in [0.2, 0.25) is 0 Å². The Hall–Kier alpha value is -2.08. The molecule has 2 atom stereocenters. The SMILES string of the molecule is CC1(C(=O)Nc2cccc(NC(N)=O)c2)CCCC1N. The van der Waals surface area contributed by atoms with E-state index in [-0.39, 0.29) is 11.9 Å². The second-order valence-corrected chi connectivity index (χ2v) is 5.44. The molecule has 1 aromatic carbocycles. The highest BCUT2D eigenvalue weighted by atomic mass is 16.2. The van der Waals surface area contributed by atoms with Crippen LogP contribution < -0.4 is 22.1 Å². The van der Waals surface area contributed by atoms with Crippen LogP contribution in [-0.2, 0) is 4.79 Å². The number of primary amides is 1. The Morgan fingerprint density at radius 1 is 1.30 bits per heavy atom. The number of amides is 3. The minimum atomic E-state index is -0.641. The number of carbonyl (C=O) groups is 2. The van der Waals surface area contributed by atoms with Crippen LogP contribution in [0.3, 0.4) is 0 Å². The lowest BCUT2D eigenvalue weighted by atomic mass is 9.84. The highest BCUT2D eigenvalue weighted by Gasteiger charge is 2.42. The van der Waals surface area contributed by atoms with Crippen LogP contribution >= 0.6 is 0 Å². The van der Waals surface area contributed by atoms with Crippen molar-refractivity contribution in [3.63, 3.8) is 0 Å². The molecule has 1 saturated carbocycles. The molecule has 2 unspecified atom stereocenters. The summed E-state index contributed by atoms with van der Waals surface area (Å²) in [6.07, 6.45) is 2.63. The number of hydrogen-bond acceptors (Lipinski definition) is 3. The Balaban J connectivity index is 2.10. The van der Waals surface area contributed by atoms with Crippen LogP contribution in [0.1, 0.15) is 26.2 Å². The van der Waals surface area contributed by atoms with Gasteiger partial charge in [0.1, 0.15) is 0 Å². The van der Waals surface area contributed by atoms with Crippen molar-refractivity contribution >= 4 is 23.3 Å². The van der Waals surface area contributed by atoms with E-state index in [9.17, 15) is 9.59 Å². The lowest BCUT2D eigenvalue weighted by Crippen LogP contribution is -2.44. The molecule has 6 heteroatoms. The number of nitrogens with two attached hydrogens (primary N) is 2. The predicted octanol–water partition coefficient (Wildman–Crippen LogP) is 1.63. The third-order valence-corrected chi connectivity index (χ3v) is 3.94. The number of rotatable bonds is 3. The summed E-state index contributed by atoms with van der Waals surface area (Å²) in [4.78, 5) is 23.2. The molecule has 1 aliphatic carbocycles. The molecule has 1 aliphatic rings. The Labute approximate surface area is 117 Å². The van der Waals surface area contributed by atoms with Gasteiger partial charge in [-0.25, -0.2) is 4.79 Å². The van der Waals surface area contributed by atoms with Gasteiger partial charge in [-0.15, -0.1) is 0 Å². The third kappa shape index (κ3) is 2.91. The zero-order chi connectivity index (χ0) is 14.8. The molecule has 1 fully saturated rings. The van der Waals surface area contributed by atoms with Crippen LogP contribution in [0, 0.1) is 5.41 Å². The largest absolute Gasteiger partial charge is 0.351 e. The lowest BCUT2D eigenvalue weighted by molar-refractivity contribution is -0.125. The van der Waals surface area contributed by atoms with Gasteiger partial charge in [0.15, 0.2) is 0 Å². The van der Waals surface area contributed by atoms with Crippen LogP contribution in [0.15, 0.2) is 24.3 Å². The maximum Gasteiger partial charge on any atom is 0.316 e. The standard InChI is InChI=1S/C14H20N4O2/c1-14(7-3-6-11(14)15)12(19)17-9-4-2-5-10(8-9)18-13(16)20/h2,4-5,8,11H,3,6-7,15H2,1H3,(H,17,19)(H3,16,18,20). The van der Waals surface area contributed by atoms with Crippen LogP contribution in [-0.4, -0.2) is 18.0 Å². The summed E-state index contributed by atoms with van der Waals surface area (Å²) in [5.41, 5.74) is 11.7. The summed E-state index contributed by atoms with van der Waals surface area (Å²) >= 11 is 0. The zero-order valence-corrected chi connectivity index (χ0v) is 11.5. The van der Waals surface area contributed by atoms with E-state index in [1.54, 1.807) is 24.3 Å². The Morgan fingerprint density at radius 3 is 2.50 bits per heavy atom. The molecule has 20 heavy (non-hydrogen) atoms. The van der Waals surface area contributed by atoms with E-state index in [4.69, 9.17) is 11.5 Å². The molecule has 1 aromatic rings. The van der Waals surface area contributed by atoms with Gasteiger partial charge >= 0.3 is 6.03 Å². The first-order valence-corrected chi connectivity index (χ1v) is 6.65. The summed E-state index contributed by atoms with van der Waals surface area (Å²) < 4.78 is 0. The zero-order valence-electron chi connectivity index (χ0n) is 11.5. The van der Waals surface area contributed by atoms with Gasteiger partial charge in [0, 0.05) is 17.4 Å². The summed E-state index contributed by atoms with van der Waals surface area (Å²) in [6, 6.07) is 6.09. The van der Waals surface area contributed by atoms with Crippen LogP contribution in [0.25, 0.3) is 0 Å². The van der Waals surface area contributed by atoms with Crippen molar-refractivity contribution in [2.45, 2.75) is 32.2 Å². The van der Waals surface area contributed by atoms with Crippen molar-refractivity contribution < 1.29 is 9.59 Å². The van der Waals surface area contributed by atoms with Crippen molar-refractivity contribution in [1.29, 1.82) is 0 Å². The Bertz CT molecular complexity index is 532. The molecule has 3 amide bonds. The second kappa shape index (κ2) is 5.50. The first-order chi connectivity index (χ1) is 9.41. The van der Waals surface area contributed by atoms with Crippen molar-refractivity contribution in [3.05, 3.63) is 24.3 Å². The van der Waals surface area contributed by atoms with Crippen LogP contribution in [0.4, 0.5) is 16.2 Å². The molecule has 6 N–H and O–H groups in total. The van der Waals surface area contributed by atoms with Crippen molar-refractivity contribution in [2.75, 3.05) is 10.6 Å². The fraction of sp³-hybridized carbons (Fsp3) is 0.429. The fourth-order valence-corrected chi connectivity index (χ4v) is 2.57. The minimum Gasteiger partial charge on any atom is -0.351 e. The maximum atomic E-state index is 12.4. The van der Waals surface area contributed by atoms with Gasteiger partial charge in [-0.05, 0) is 38.0 Å². The van der Waals surface area contributed by atoms with E-state index in [1.807, 2.05) is 6.92 Å². The number of carbonyl (C=O) groups excluding carboxylic acids is 2. The average Bonchev–Trinajstić information content (AvgIpc) is 2.70. The van der Waals surface area contributed by atoms with Crippen molar-refractivity contribution in [2.24, 2.45) is 16.9 Å². The maximum absolute atomic E-state index is 12.4. The van der Waals surface area contributed by atoms with Gasteiger partial charge in [0.25, 0.3) is 0 Å². The molecule has 2 rings (SSSR count). The summed E-state index contributed by atoms with van der Waals surface area (Å²) in [5, 5.41) is 5.33. The minimum absolute atomic E-state index is 0.0845. The summed E-state index contributed by atoms with van der Waals surface area (Å²) in [7, 11) is 0. The molecule has 0 saturated heterocycles. The normalized spacial score (nSPS) is 25.2. The Kier molecular flexibility index (Phi) is 3.94. The first-order valence-electron chi connectivity index (χ1n) is 6.65. The molecule has 0 spiro atoms. The lowest BCUT2D eigenvalue weighted by Gasteiger charge is -2.27. The molecular formula is C14H20N4O2. The van der Waals surface area contributed by atoms with E-state index >= 15 is 0 Å². The predicted molar refractivity (Wildman–Crippen MR) is 78.2 cm³/mol. The van der Waals surface area contributed by atoms with Crippen molar-refractivity contribution in [1.82, 2.24) is 0 Å². The number of nitrogens with one attached hydrogen (secondary N) is 2. The number of hydrogen-bond donors (Lipinski definition) is 4. The summed E-state index contributed by atoms with van der Waals surface area (Å²) in [6.45, 7) is 1.89. The van der Waals surface area contributed by atoms with E-state index < -0.39 is 11.4 Å². The van der Waals surface area contributed by atoms with E-state index in [2.05, 4.69) is 10.6 Å². The van der Waals surface area contributed by atoms with Gasteiger partial charge in [-0.3, -0.25) is 4.79 Å².